The molecule has 1 N–H and O–H groups in total. The van der Waals surface area contributed by atoms with Crippen molar-refractivity contribution in [1.82, 2.24) is 0 Å². The summed E-state index contributed by atoms with van der Waals surface area (Å²) in [6.45, 7) is 8.59. The van der Waals surface area contributed by atoms with E-state index in [-0.39, 0.29) is 12.6 Å². The van der Waals surface area contributed by atoms with Crippen LogP contribution in [0, 0.1) is 13.8 Å². The maximum Gasteiger partial charge on any atom is 0.181 e. The molecule has 0 unspecified atom stereocenters. The fourth-order valence-corrected chi connectivity index (χ4v) is 1.98. The highest BCUT2D eigenvalue weighted by molar-refractivity contribution is 5.14. The maximum absolute atomic E-state index is 9.18. The number of aromatic nitrogens is 1. The highest BCUT2D eigenvalue weighted by Crippen LogP contribution is 2.07. The van der Waals surface area contributed by atoms with E-state index in [1.807, 2.05) is 6.92 Å². The predicted molar refractivity (Wildman–Crippen MR) is 57.3 cm³/mol. The normalized spacial score (nSPS) is 12.9. The summed E-state index contributed by atoms with van der Waals surface area (Å²) in [5.74, 6) is 0. The Morgan fingerprint density at radius 1 is 1.36 bits per heavy atom. The lowest BCUT2D eigenvalue weighted by atomic mass is 10.1. The molecular formula is C12H20NO+. The van der Waals surface area contributed by atoms with Gasteiger partial charge in [0.1, 0.15) is 6.61 Å². The Labute approximate surface area is 86.2 Å². The Morgan fingerprint density at radius 3 is 2.50 bits per heavy atom. The first-order valence-corrected chi connectivity index (χ1v) is 5.22. The summed E-state index contributed by atoms with van der Waals surface area (Å²) in [7, 11) is 0. The standard InChI is InChI=1S/C12H20NO/c1-5-12-7-9(2)6-10(3)13(12)11(4)8-14/h6-7,11,14H,5,8H2,1-4H3/q+1/t11-/m0/s1. The van der Waals surface area contributed by atoms with Crippen molar-refractivity contribution in [2.75, 3.05) is 6.61 Å². The Kier molecular flexibility index (Phi) is 3.64. The van der Waals surface area contributed by atoms with Crippen LogP contribution in [0.25, 0.3) is 0 Å². The zero-order chi connectivity index (χ0) is 10.7. The van der Waals surface area contributed by atoms with Gasteiger partial charge in [0.15, 0.2) is 17.4 Å². The zero-order valence-electron chi connectivity index (χ0n) is 9.54. The summed E-state index contributed by atoms with van der Waals surface area (Å²) >= 11 is 0. The third-order valence-electron chi connectivity index (χ3n) is 2.59. The largest absolute Gasteiger partial charge is 0.389 e. The monoisotopic (exact) mass is 194 g/mol. The summed E-state index contributed by atoms with van der Waals surface area (Å²) in [6, 6.07) is 4.52. The molecule has 2 nitrogen and oxygen atoms in total. The van der Waals surface area contributed by atoms with Crippen molar-refractivity contribution in [3.05, 3.63) is 29.1 Å². The molecule has 0 fully saturated rings. The van der Waals surface area contributed by atoms with E-state index in [9.17, 15) is 5.11 Å². The summed E-state index contributed by atoms with van der Waals surface area (Å²) in [5.41, 5.74) is 3.81. The highest BCUT2D eigenvalue weighted by Gasteiger charge is 2.19. The van der Waals surface area contributed by atoms with E-state index >= 15 is 0 Å². The van der Waals surface area contributed by atoms with Crippen LogP contribution in [0.1, 0.15) is 36.8 Å². The van der Waals surface area contributed by atoms with E-state index in [1.165, 1.54) is 17.0 Å². The van der Waals surface area contributed by atoms with Crippen molar-refractivity contribution in [2.45, 2.75) is 40.2 Å². The van der Waals surface area contributed by atoms with Crippen LogP contribution in [-0.4, -0.2) is 11.7 Å². The van der Waals surface area contributed by atoms with Crippen LogP contribution in [0.5, 0.6) is 0 Å². The molecule has 0 amide bonds. The average molecular weight is 194 g/mol. The molecule has 1 rings (SSSR count). The minimum atomic E-state index is 0.172. The number of nitrogens with zero attached hydrogens (tertiary/aromatic N) is 1. The summed E-state index contributed by atoms with van der Waals surface area (Å²) in [5, 5.41) is 9.18. The van der Waals surface area contributed by atoms with E-state index in [0.717, 1.165) is 6.42 Å². The van der Waals surface area contributed by atoms with Crippen LogP contribution in [0.2, 0.25) is 0 Å². The van der Waals surface area contributed by atoms with Crippen LogP contribution in [0.15, 0.2) is 12.1 Å². The molecule has 1 heterocycles. The SMILES string of the molecule is CCc1cc(C)cc(C)[n+]1[C@@H](C)CO. The van der Waals surface area contributed by atoms with Gasteiger partial charge in [-0.15, -0.1) is 0 Å². The van der Waals surface area contributed by atoms with Crippen molar-refractivity contribution in [1.29, 1.82) is 0 Å². The molecule has 0 aliphatic carbocycles. The highest BCUT2D eigenvalue weighted by atomic mass is 16.3. The lowest BCUT2D eigenvalue weighted by Gasteiger charge is -2.11. The molecule has 1 atom stereocenters. The topological polar surface area (TPSA) is 24.1 Å². The molecule has 0 saturated heterocycles. The lowest BCUT2D eigenvalue weighted by Crippen LogP contribution is -2.46. The van der Waals surface area contributed by atoms with E-state index < -0.39 is 0 Å². The first-order chi connectivity index (χ1) is 6.60. The van der Waals surface area contributed by atoms with Gasteiger partial charge in [-0.25, -0.2) is 0 Å². The molecular weight excluding hydrogens is 174 g/mol. The van der Waals surface area contributed by atoms with E-state index in [2.05, 4.69) is 37.5 Å². The third-order valence-corrected chi connectivity index (χ3v) is 2.59. The quantitative estimate of drug-likeness (QED) is 0.728. The van der Waals surface area contributed by atoms with E-state index in [1.54, 1.807) is 0 Å². The van der Waals surface area contributed by atoms with Gasteiger partial charge >= 0.3 is 0 Å². The van der Waals surface area contributed by atoms with Gasteiger partial charge in [0.05, 0.1) is 0 Å². The molecule has 1 aromatic heterocycles. The summed E-state index contributed by atoms with van der Waals surface area (Å²) < 4.78 is 2.22. The minimum Gasteiger partial charge on any atom is -0.389 e. The summed E-state index contributed by atoms with van der Waals surface area (Å²) in [6.07, 6.45) is 1.01. The number of rotatable bonds is 3. The van der Waals surface area contributed by atoms with Crippen molar-refractivity contribution >= 4 is 0 Å². The van der Waals surface area contributed by atoms with Crippen molar-refractivity contribution in [2.24, 2.45) is 0 Å². The smallest absolute Gasteiger partial charge is 0.181 e. The number of pyridine rings is 1. The van der Waals surface area contributed by atoms with Crippen molar-refractivity contribution in [3.8, 4) is 0 Å². The van der Waals surface area contributed by atoms with Crippen molar-refractivity contribution < 1.29 is 9.67 Å². The average Bonchev–Trinajstić information content (AvgIpc) is 2.15. The molecule has 0 aliphatic heterocycles. The third kappa shape index (κ3) is 2.13. The van der Waals surface area contributed by atoms with Gasteiger partial charge in [-0.1, -0.05) is 6.92 Å². The predicted octanol–water partition coefficient (Wildman–Crippen LogP) is 1.71. The van der Waals surface area contributed by atoms with Crippen LogP contribution < -0.4 is 4.57 Å². The van der Waals surface area contributed by atoms with Crippen LogP contribution >= 0.6 is 0 Å². The number of aliphatic hydroxyl groups is 1. The number of hydrogen-bond donors (Lipinski definition) is 1. The van der Waals surface area contributed by atoms with Crippen LogP contribution in [0.3, 0.4) is 0 Å². The molecule has 0 bridgehead atoms. The van der Waals surface area contributed by atoms with Crippen LogP contribution in [0.4, 0.5) is 0 Å². The van der Waals surface area contributed by atoms with Gasteiger partial charge in [0, 0.05) is 32.4 Å². The van der Waals surface area contributed by atoms with Gasteiger partial charge in [0.2, 0.25) is 0 Å². The second-order valence-corrected chi connectivity index (χ2v) is 3.92. The molecule has 0 aliphatic rings. The Balaban J connectivity index is 3.24. The lowest BCUT2D eigenvalue weighted by molar-refractivity contribution is -0.733. The maximum atomic E-state index is 9.18. The van der Waals surface area contributed by atoms with Crippen LogP contribution in [-0.2, 0) is 6.42 Å². The molecule has 0 saturated carbocycles. The number of hydrogen-bond acceptors (Lipinski definition) is 1. The molecule has 2 heteroatoms. The van der Waals surface area contributed by atoms with Crippen molar-refractivity contribution in [3.63, 3.8) is 0 Å². The van der Waals surface area contributed by atoms with E-state index in [0.29, 0.717) is 0 Å². The molecule has 0 spiro atoms. The van der Waals surface area contributed by atoms with Gasteiger partial charge in [-0.05, 0) is 12.5 Å². The molecule has 78 valence electrons. The second-order valence-electron chi connectivity index (χ2n) is 3.92. The van der Waals surface area contributed by atoms with E-state index in [4.69, 9.17) is 0 Å². The fraction of sp³-hybridized carbons (Fsp3) is 0.583. The Hall–Kier alpha value is -0.890. The molecule has 1 aromatic rings. The molecule has 0 radical (unpaired) electrons. The molecule has 14 heavy (non-hydrogen) atoms. The Morgan fingerprint density at radius 2 is 2.00 bits per heavy atom. The van der Waals surface area contributed by atoms with Gasteiger partial charge in [-0.2, -0.15) is 4.57 Å². The first-order valence-electron chi connectivity index (χ1n) is 5.22. The Bertz CT molecular complexity index is 320. The molecule has 0 aromatic carbocycles. The van der Waals surface area contributed by atoms with Gasteiger partial charge in [-0.3, -0.25) is 0 Å². The zero-order valence-corrected chi connectivity index (χ0v) is 9.54. The first kappa shape index (κ1) is 11.2. The fourth-order valence-electron chi connectivity index (χ4n) is 1.98. The number of aryl methyl sites for hydroxylation is 3. The second kappa shape index (κ2) is 4.56. The summed E-state index contributed by atoms with van der Waals surface area (Å²) in [4.78, 5) is 0. The number of aliphatic hydroxyl groups excluding tert-OH is 1. The minimum absolute atomic E-state index is 0.172. The van der Waals surface area contributed by atoms with Gasteiger partial charge in [0.25, 0.3) is 0 Å². The van der Waals surface area contributed by atoms with Gasteiger partial charge < -0.3 is 5.11 Å².